The van der Waals surface area contributed by atoms with Crippen molar-refractivity contribution in [3.05, 3.63) is 42.5 Å². The van der Waals surface area contributed by atoms with Gasteiger partial charge in [-0.1, -0.05) is 39.0 Å². The molecule has 1 aromatic carbocycles. The van der Waals surface area contributed by atoms with Crippen LogP contribution < -0.4 is 10.6 Å². The van der Waals surface area contributed by atoms with Gasteiger partial charge in [0, 0.05) is 26.4 Å². The second-order valence-electron chi connectivity index (χ2n) is 6.85. The second-order valence-corrected chi connectivity index (χ2v) is 6.85. The summed E-state index contributed by atoms with van der Waals surface area (Å²) in [6, 6.07) is 10.0. The summed E-state index contributed by atoms with van der Waals surface area (Å²) in [5.74, 6) is 1.52. The van der Waals surface area contributed by atoms with E-state index in [1.54, 1.807) is 20.5 Å². The number of rotatable bonds is 6. The third kappa shape index (κ3) is 6.24. The molecular formula is C18H29IN6O. The first-order valence-corrected chi connectivity index (χ1v) is 8.37. The minimum Gasteiger partial charge on any atom is -0.379 e. The van der Waals surface area contributed by atoms with Crippen LogP contribution in [-0.4, -0.2) is 47.5 Å². The van der Waals surface area contributed by atoms with Crippen LogP contribution in [0, 0.1) is 5.41 Å². The minimum absolute atomic E-state index is 0. The third-order valence-electron chi connectivity index (χ3n) is 4.00. The van der Waals surface area contributed by atoms with Gasteiger partial charge in [0.05, 0.1) is 12.6 Å². The maximum absolute atomic E-state index is 5.57. The Morgan fingerprint density at radius 3 is 2.50 bits per heavy atom. The average Bonchev–Trinajstić information content (AvgIpc) is 3.06. The molecule has 0 spiro atoms. The fraction of sp³-hybridized carbons (Fsp3) is 0.500. The number of hydrogen-bond donors (Lipinski definition) is 2. The van der Waals surface area contributed by atoms with E-state index in [1.807, 2.05) is 34.9 Å². The standard InChI is InChI=1S/C18H28N6O.HI/c1-18(2,3)15(25-5)11-20-17(19-4)21-12-16-23-22-13-24(16)14-9-7-6-8-10-14;/h6-10,13,15H,11-12H2,1-5H3,(H2,19,20,21);1H. The van der Waals surface area contributed by atoms with E-state index in [4.69, 9.17) is 4.74 Å². The Hall–Kier alpha value is -1.68. The number of aromatic nitrogens is 3. The molecule has 2 aromatic rings. The average molecular weight is 472 g/mol. The van der Waals surface area contributed by atoms with Gasteiger partial charge in [-0.2, -0.15) is 0 Å². The van der Waals surface area contributed by atoms with Gasteiger partial charge < -0.3 is 15.4 Å². The molecule has 2 N–H and O–H groups in total. The van der Waals surface area contributed by atoms with Crippen molar-refractivity contribution in [2.24, 2.45) is 10.4 Å². The predicted octanol–water partition coefficient (Wildman–Crippen LogP) is 2.61. The van der Waals surface area contributed by atoms with E-state index in [0.717, 1.165) is 11.5 Å². The summed E-state index contributed by atoms with van der Waals surface area (Å²) in [5, 5.41) is 14.8. The lowest BCUT2D eigenvalue weighted by atomic mass is 9.89. The first-order valence-electron chi connectivity index (χ1n) is 8.37. The molecule has 2 rings (SSSR count). The highest BCUT2D eigenvalue weighted by atomic mass is 127. The molecule has 144 valence electrons. The number of aliphatic imine (C=N–C) groups is 1. The Morgan fingerprint density at radius 2 is 1.92 bits per heavy atom. The lowest BCUT2D eigenvalue weighted by molar-refractivity contribution is 0.0205. The Balaban J connectivity index is 0.00000338. The SMILES string of the molecule is CN=C(NCc1nncn1-c1ccccc1)NCC(OC)C(C)(C)C.I. The second kappa shape index (κ2) is 10.5. The van der Waals surface area contributed by atoms with Crippen LogP contribution >= 0.6 is 24.0 Å². The summed E-state index contributed by atoms with van der Waals surface area (Å²) in [5.41, 5.74) is 1.08. The molecule has 0 bridgehead atoms. The van der Waals surface area contributed by atoms with Crippen molar-refractivity contribution >= 4 is 29.9 Å². The van der Waals surface area contributed by atoms with Crippen molar-refractivity contribution in [1.29, 1.82) is 0 Å². The molecule has 1 heterocycles. The summed E-state index contributed by atoms with van der Waals surface area (Å²) in [4.78, 5) is 4.26. The highest BCUT2D eigenvalue weighted by molar-refractivity contribution is 14.0. The van der Waals surface area contributed by atoms with E-state index in [1.165, 1.54) is 0 Å². The summed E-state index contributed by atoms with van der Waals surface area (Å²) in [7, 11) is 3.48. The number of benzene rings is 1. The molecule has 1 unspecified atom stereocenters. The Labute approximate surface area is 172 Å². The van der Waals surface area contributed by atoms with E-state index < -0.39 is 0 Å². The fourth-order valence-electron chi connectivity index (χ4n) is 2.50. The summed E-state index contributed by atoms with van der Waals surface area (Å²) in [6.45, 7) is 7.65. The number of nitrogens with zero attached hydrogens (tertiary/aromatic N) is 4. The summed E-state index contributed by atoms with van der Waals surface area (Å²) in [6.07, 6.45) is 1.79. The third-order valence-corrected chi connectivity index (χ3v) is 4.00. The van der Waals surface area contributed by atoms with Crippen LogP contribution in [-0.2, 0) is 11.3 Å². The Morgan fingerprint density at radius 1 is 1.23 bits per heavy atom. The fourth-order valence-corrected chi connectivity index (χ4v) is 2.50. The normalized spacial score (nSPS) is 13.0. The topological polar surface area (TPSA) is 76.4 Å². The van der Waals surface area contributed by atoms with Crippen LogP contribution in [0.3, 0.4) is 0 Å². The number of ether oxygens (including phenoxy) is 1. The van der Waals surface area contributed by atoms with Crippen LogP contribution in [0.5, 0.6) is 0 Å². The lowest BCUT2D eigenvalue weighted by Gasteiger charge is -2.30. The number of guanidine groups is 1. The highest BCUT2D eigenvalue weighted by Gasteiger charge is 2.24. The van der Waals surface area contributed by atoms with Gasteiger partial charge in [0.2, 0.25) is 0 Å². The molecule has 0 aliphatic rings. The van der Waals surface area contributed by atoms with Gasteiger partial charge >= 0.3 is 0 Å². The smallest absolute Gasteiger partial charge is 0.191 e. The van der Waals surface area contributed by atoms with Crippen LogP contribution in [0.15, 0.2) is 41.7 Å². The van der Waals surface area contributed by atoms with Gasteiger partial charge in [-0.05, 0) is 17.5 Å². The molecule has 26 heavy (non-hydrogen) atoms. The lowest BCUT2D eigenvalue weighted by Crippen LogP contribution is -2.45. The monoisotopic (exact) mass is 472 g/mol. The minimum atomic E-state index is 0. The molecular weight excluding hydrogens is 443 g/mol. The highest BCUT2D eigenvalue weighted by Crippen LogP contribution is 2.20. The van der Waals surface area contributed by atoms with Crippen molar-refractivity contribution in [2.75, 3.05) is 20.7 Å². The zero-order valence-corrected chi connectivity index (χ0v) is 18.4. The number of hydrogen-bond acceptors (Lipinski definition) is 4. The van der Waals surface area contributed by atoms with Crippen LogP contribution in [0.2, 0.25) is 0 Å². The van der Waals surface area contributed by atoms with Gasteiger partial charge in [-0.15, -0.1) is 34.2 Å². The Kier molecular flexibility index (Phi) is 9.00. The van der Waals surface area contributed by atoms with Crippen molar-refractivity contribution in [3.8, 4) is 5.69 Å². The maximum Gasteiger partial charge on any atom is 0.191 e. The molecule has 7 nitrogen and oxygen atoms in total. The van der Waals surface area contributed by atoms with Gasteiger partial charge in [0.1, 0.15) is 6.33 Å². The van der Waals surface area contributed by atoms with Crippen molar-refractivity contribution < 1.29 is 4.74 Å². The van der Waals surface area contributed by atoms with E-state index in [0.29, 0.717) is 19.0 Å². The summed E-state index contributed by atoms with van der Waals surface area (Å²) < 4.78 is 7.52. The molecule has 0 aliphatic heterocycles. The largest absolute Gasteiger partial charge is 0.379 e. The van der Waals surface area contributed by atoms with Crippen molar-refractivity contribution in [1.82, 2.24) is 25.4 Å². The van der Waals surface area contributed by atoms with Gasteiger partial charge in [0.15, 0.2) is 11.8 Å². The molecule has 0 fully saturated rings. The summed E-state index contributed by atoms with van der Waals surface area (Å²) >= 11 is 0. The quantitative estimate of drug-likeness (QED) is 0.384. The molecule has 0 aliphatic carbocycles. The number of para-hydroxylation sites is 1. The van der Waals surface area contributed by atoms with Crippen LogP contribution in [0.1, 0.15) is 26.6 Å². The first-order chi connectivity index (χ1) is 12.0. The zero-order chi connectivity index (χ0) is 18.3. The van der Waals surface area contributed by atoms with Crippen LogP contribution in [0.25, 0.3) is 5.69 Å². The molecule has 1 aromatic heterocycles. The van der Waals surface area contributed by atoms with Gasteiger partial charge in [-0.3, -0.25) is 9.56 Å². The van der Waals surface area contributed by atoms with E-state index in [-0.39, 0.29) is 35.5 Å². The maximum atomic E-state index is 5.57. The van der Waals surface area contributed by atoms with E-state index in [2.05, 4.69) is 46.6 Å². The van der Waals surface area contributed by atoms with Crippen molar-refractivity contribution in [2.45, 2.75) is 33.4 Å². The predicted molar refractivity (Wildman–Crippen MR) is 115 cm³/mol. The van der Waals surface area contributed by atoms with Gasteiger partial charge in [-0.25, -0.2) is 0 Å². The van der Waals surface area contributed by atoms with E-state index in [9.17, 15) is 0 Å². The number of methoxy groups -OCH3 is 1. The number of nitrogens with one attached hydrogen (secondary N) is 2. The van der Waals surface area contributed by atoms with Crippen LogP contribution in [0.4, 0.5) is 0 Å². The molecule has 0 saturated heterocycles. The first kappa shape index (κ1) is 22.4. The molecule has 8 heteroatoms. The molecule has 1 atom stereocenters. The Bertz CT molecular complexity index is 680. The number of halogens is 1. The molecule has 0 radical (unpaired) electrons. The van der Waals surface area contributed by atoms with Crippen molar-refractivity contribution in [3.63, 3.8) is 0 Å². The van der Waals surface area contributed by atoms with Gasteiger partial charge in [0.25, 0.3) is 0 Å². The molecule has 0 saturated carbocycles. The van der Waals surface area contributed by atoms with E-state index >= 15 is 0 Å². The zero-order valence-electron chi connectivity index (χ0n) is 16.1. The molecule has 0 amide bonds.